The van der Waals surface area contributed by atoms with Crippen molar-refractivity contribution in [3.63, 3.8) is 0 Å². The molecular formula is C25H32N2O6. The lowest BCUT2D eigenvalue weighted by atomic mass is 9.92. The summed E-state index contributed by atoms with van der Waals surface area (Å²) in [6.45, 7) is 3.50. The summed E-state index contributed by atoms with van der Waals surface area (Å²) in [6.07, 6.45) is 12.0. The fraction of sp³-hybridized carbons (Fsp3) is 0.440. The Balaban J connectivity index is 2.29. The van der Waals surface area contributed by atoms with Crippen LogP contribution in [-0.2, 0) is 23.9 Å². The molecule has 2 rings (SSSR count). The molecule has 0 saturated carbocycles. The van der Waals surface area contributed by atoms with Crippen LogP contribution in [0.25, 0.3) is 0 Å². The van der Waals surface area contributed by atoms with Crippen LogP contribution in [0.5, 0.6) is 0 Å². The quantitative estimate of drug-likeness (QED) is 0.482. The third kappa shape index (κ3) is 7.89. The third-order valence-corrected chi connectivity index (χ3v) is 5.45. The van der Waals surface area contributed by atoms with Crippen LogP contribution >= 0.6 is 0 Å². The molecule has 1 heterocycles. The molecule has 3 N–H and O–H groups in total. The van der Waals surface area contributed by atoms with Crippen LogP contribution in [0, 0.1) is 0 Å². The Morgan fingerprint density at radius 3 is 2.58 bits per heavy atom. The van der Waals surface area contributed by atoms with Crippen molar-refractivity contribution in [1.29, 1.82) is 0 Å². The molecule has 1 atom stereocenters. The van der Waals surface area contributed by atoms with Gasteiger partial charge >= 0.3 is 6.09 Å². The number of primary amides is 1. The molecule has 0 fully saturated rings. The van der Waals surface area contributed by atoms with E-state index in [0.717, 1.165) is 30.9 Å². The summed E-state index contributed by atoms with van der Waals surface area (Å²) in [5.41, 5.74) is 6.64. The number of nitrogens with one attached hydrogen (secondary N) is 1. The molecule has 0 saturated heterocycles. The first-order chi connectivity index (χ1) is 15.7. The molecule has 178 valence electrons. The minimum atomic E-state index is -0.785. The van der Waals surface area contributed by atoms with Crippen molar-refractivity contribution < 1.29 is 28.7 Å². The Bertz CT molecular complexity index is 952. The molecule has 0 spiro atoms. The van der Waals surface area contributed by atoms with Crippen LogP contribution in [-0.4, -0.2) is 36.8 Å². The van der Waals surface area contributed by atoms with Crippen LogP contribution < -0.4 is 11.1 Å². The Labute approximate surface area is 194 Å². The zero-order valence-corrected chi connectivity index (χ0v) is 19.4. The second-order valence-electron chi connectivity index (χ2n) is 8.14. The molecule has 2 aliphatic rings. The summed E-state index contributed by atoms with van der Waals surface area (Å²) in [4.78, 5) is 49.3. The van der Waals surface area contributed by atoms with E-state index < -0.39 is 23.6 Å². The average Bonchev–Trinajstić information content (AvgIpc) is 2.75. The highest BCUT2D eigenvalue weighted by Gasteiger charge is 2.30. The maximum absolute atomic E-state index is 13.0. The van der Waals surface area contributed by atoms with E-state index in [1.807, 2.05) is 19.1 Å². The van der Waals surface area contributed by atoms with Gasteiger partial charge in [-0.15, -0.1) is 0 Å². The Morgan fingerprint density at radius 1 is 1.12 bits per heavy atom. The number of hydrogen-bond donors (Lipinski definition) is 2. The lowest BCUT2D eigenvalue weighted by molar-refractivity contribution is -0.120. The van der Waals surface area contributed by atoms with Gasteiger partial charge in [-0.25, -0.2) is 4.79 Å². The largest absolute Gasteiger partial charge is 0.492 e. The lowest BCUT2D eigenvalue weighted by Gasteiger charge is -2.19. The van der Waals surface area contributed by atoms with Gasteiger partial charge in [0.2, 0.25) is 11.6 Å². The van der Waals surface area contributed by atoms with E-state index in [9.17, 15) is 19.2 Å². The van der Waals surface area contributed by atoms with Crippen LogP contribution in [0.4, 0.5) is 4.79 Å². The number of methoxy groups -OCH3 is 1. The number of hydrogen-bond acceptors (Lipinski definition) is 6. The van der Waals surface area contributed by atoms with Gasteiger partial charge in [-0.05, 0) is 52.4 Å². The van der Waals surface area contributed by atoms with Crippen LogP contribution in [0.15, 0.2) is 58.6 Å². The van der Waals surface area contributed by atoms with Gasteiger partial charge < -0.3 is 20.5 Å². The second kappa shape index (κ2) is 12.6. The second-order valence-corrected chi connectivity index (χ2v) is 8.14. The first kappa shape index (κ1) is 25.8. The van der Waals surface area contributed by atoms with Crippen LogP contribution in [0.3, 0.4) is 0 Å². The maximum atomic E-state index is 13.0. The summed E-state index contributed by atoms with van der Waals surface area (Å²) in [5, 5.41) is 2.55. The summed E-state index contributed by atoms with van der Waals surface area (Å²) < 4.78 is 10.4. The number of ether oxygens (including phenoxy) is 2. The lowest BCUT2D eigenvalue weighted by Crippen LogP contribution is -2.33. The first-order valence-electron chi connectivity index (χ1n) is 11.1. The monoisotopic (exact) mass is 456 g/mol. The highest BCUT2D eigenvalue weighted by Crippen LogP contribution is 2.25. The highest BCUT2D eigenvalue weighted by molar-refractivity contribution is 6.23. The van der Waals surface area contributed by atoms with Crippen molar-refractivity contribution in [1.82, 2.24) is 5.32 Å². The van der Waals surface area contributed by atoms with E-state index in [1.165, 1.54) is 7.11 Å². The predicted molar refractivity (Wildman–Crippen MR) is 124 cm³/mol. The molecule has 2 amide bonds. The van der Waals surface area contributed by atoms with E-state index >= 15 is 0 Å². The van der Waals surface area contributed by atoms with Gasteiger partial charge in [-0.1, -0.05) is 29.9 Å². The standard InChI is InChI=1S/C25H32N2O6/c1-16-10-6-4-8-12-18(33-25(26)31)13-9-5-7-11-17(2)24(30)27-20-15-21(28)23(32-3)19(14-16)22(20)29/h5,7,10-11,15,18H,4,6,8-9,12-14H2,1-3H3,(H2,26,31)(H,27,30)/b7-5-,16-10+,17-11+. The maximum Gasteiger partial charge on any atom is 0.404 e. The predicted octanol–water partition coefficient (Wildman–Crippen LogP) is 3.70. The molecule has 0 aromatic carbocycles. The van der Waals surface area contributed by atoms with Gasteiger partial charge in [0.25, 0.3) is 5.91 Å². The number of carbonyl (C=O) groups excluding carboxylic acids is 4. The van der Waals surface area contributed by atoms with E-state index in [-0.39, 0.29) is 29.6 Å². The van der Waals surface area contributed by atoms with E-state index in [0.29, 0.717) is 24.8 Å². The fourth-order valence-electron chi connectivity index (χ4n) is 3.68. The number of nitrogens with two attached hydrogens (primary N) is 1. The summed E-state index contributed by atoms with van der Waals surface area (Å²) in [5.74, 6) is -1.37. The Hall–Kier alpha value is -3.42. The number of rotatable bonds is 2. The van der Waals surface area contributed by atoms with Crippen LogP contribution in [0.2, 0.25) is 0 Å². The molecule has 33 heavy (non-hydrogen) atoms. The number of Topliss-reactive ketones (excluding diaryl/α,β-unsaturated/α-hetero) is 1. The number of fused-ring (bicyclic) bond motifs is 2. The molecule has 1 aliphatic heterocycles. The fourth-order valence-corrected chi connectivity index (χ4v) is 3.68. The molecule has 8 nitrogen and oxygen atoms in total. The number of amides is 2. The highest BCUT2D eigenvalue weighted by atomic mass is 16.6. The van der Waals surface area contributed by atoms with Crippen molar-refractivity contribution in [3.8, 4) is 0 Å². The number of allylic oxidation sites excluding steroid dienone is 7. The van der Waals surface area contributed by atoms with Gasteiger partial charge in [0, 0.05) is 18.1 Å². The molecule has 0 aromatic rings. The minimum absolute atomic E-state index is 0.00159. The third-order valence-electron chi connectivity index (χ3n) is 5.45. The van der Waals surface area contributed by atoms with Crippen molar-refractivity contribution in [3.05, 3.63) is 58.6 Å². The molecule has 1 aliphatic carbocycles. The van der Waals surface area contributed by atoms with Gasteiger partial charge in [0.05, 0.1) is 18.4 Å². The summed E-state index contributed by atoms with van der Waals surface area (Å²) in [7, 11) is 1.35. The van der Waals surface area contributed by atoms with Gasteiger partial charge in [-0.2, -0.15) is 0 Å². The number of carbonyl (C=O) groups is 4. The molecule has 0 radical (unpaired) electrons. The Morgan fingerprint density at radius 2 is 1.88 bits per heavy atom. The first-order valence-corrected chi connectivity index (χ1v) is 11.1. The molecule has 1 unspecified atom stereocenters. The summed E-state index contributed by atoms with van der Waals surface area (Å²) >= 11 is 0. The topological polar surface area (TPSA) is 125 Å². The normalized spacial score (nSPS) is 25.7. The van der Waals surface area contributed by atoms with Crippen molar-refractivity contribution in [2.24, 2.45) is 5.73 Å². The van der Waals surface area contributed by atoms with E-state index in [2.05, 4.69) is 5.32 Å². The van der Waals surface area contributed by atoms with Gasteiger partial charge in [0.15, 0.2) is 5.76 Å². The van der Waals surface area contributed by atoms with Crippen molar-refractivity contribution >= 4 is 23.6 Å². The molecular weight excluding hydrogens is 424 g/mol. The van der Waals surface area contributed by atoms with Crippen molar-refractivity contribution in [2.45, 2.75) is 64.9 Å². The zero-order chi connectivity index (χ0) is 24.4. The zero-order valence-electron chi connectivity index (χ0n) is 19.4. The minimum Gasteiger partial charge on any atom is -0.492 e. The van der Waals surface area contributed by atoms with Gasteiger partial charge in [-0.3, -0.25) is 14.4 Å². The summed E-state index contributed by atoms with van der Waals surface area (Å²) in [6, 6.07) is 0. The van der Waals surface area contributed by atoms with Crippen molar-refractivity contribution in [2.75, 3.05) is 7.11 Å². The van der Waals surface area contributed by atoms with E-state index in [4.69, 9.17) is 15.2 Å². The number of ketones is 2. The SMILES string of the molecule is COC1=C2C/C(C)=C/CCCCC(OC(N)=O)CC/C=C\C=C(/C)C(=O)NC(=CC1=O)C2=O. The van der Waals surface area contributed by atoms with E-state index in [1.54, 1.807) is 19.1 Å². The Kier molecular flexibility index (Phi) is 9.84. The molecule has 2 bridgehead atoms. The smallest absolute Gasteiger partial charge is 0.404 e. The molecule has 8 heteroatoms. The molecule has 0 aromatic heterocycles. The van der Waals surface area contributed by atoms with Gasteiger partial charge in [0.1, 0.15) is 6.10 Å². The van der Waals surface area contributed by atoms with Crippen LogP contribution in [0.1, 0.15) is 58.8 Å². The average molecular weight is 457 g/mol.